The third-order valence-electron chi connectivity index (χ3n) is 6.16. The van der Waals surface area contributed by atoms with Crippen LogP contribution in [0.4, 0.5) is 5.69 Å². The number of anilines is 1. The maximum absolute atomic E-state index is 13.1. The lowest BCUT2D eigenvalue weighted by molar-refractivity contribution is -0.123. The smallest absolute Gasteiger partial charge is 0.238 e. The van der Waals surface area contributed by atoms with Crippen molar-refractivity contribution in [1.29, 1.82) is 0 Å². The van der Waals surface area contributed by atoms with Crippen molar-refractivity contribution in [3.63, 3.8) is 0 Å². The first kappa shape index (κ1) is 19.5. The van der Waals surface area contributed by atoms with Crippen molar-refractivity contribution in [2.24, 2.45) is 23.7 Å². The van der Waals surface area contributed by atoms with E-state index in [1.165, 1.54) is 4.90 Å². The van der Waals surface area contributed by atoms with Gasteiger partial charge in [0.05, 0.1) is 17.5 Å². The highest BCUT2D eigenvalue weighted by Gasteiger charge is 2.59. The number of hydrogen-bond acceptors (Lipinski definition) is 4. The van der Waals surface area contributed by atoms with E-state index in [1.807, 2.05) is 12.2 Å². The third kappa shape index (κ3) is 3.10. The lowest BCUT2D eigenvalue weighted by atomic mass is 9.85. The Hall–Kier alpha value is -2.44. The van der Waals surface area contributed by atoms with Gasteiger partial charge in [-0.25, -0.2) is 4.90 Å². The van der Waals surface area contributed by atoms with E-state index in [-0.39, 0.29) is 53.6 Å². The predicted octanol–water partition coefficient (Wildman–Crippen LogP) is 4.68. The molecule has 1 saturated heterocycles. The number of ketones is 1. The molecule has 152 valence electrons. The predicted molar refractivity (Wildman–Crippen MR) is 116 cm³/mol. The van der Waals surface area contributed by atoms with Crippen LogP contribution >= 0.6 is 27.5 Å². The summed E-state index contributed by atoms with van der Waals surface area (Å²) < 4.78 is 6.63. The molecule has 0 radical (unpaired) electrons. The van der Waals surface area contributed by atoms with E-state index in [4.69, 9.17) is 16.3 Å². The largest absolute Gasteiger partial charge is 0.483 e. The lowest BCUT2D eigenvalue weighted by Gasteiger charge is -2.21. The van der Waals surface area contributed by atoms with E-state index in [1.54, 1.807) is 42.5 Å². The molecule has 0 unspecified atom stereocenters. The minimum atomic E-state index is -0.316. The molecule has 2 amide bonds. The summed E-state index contributed by atoms with van der Waals surface area (Å²) in [5.41, 5.74) is 0.814. The number of rotatable bonds is 5. The van der Waals surface area contributed by atoms with E-state index >= 15 is 0 Å². The van der Waals surface area contributed by atoms with Crippen LogP contribution in [0, 0.1) is 23.7 Å². The molecule has 2 fully saturated rings. The Morgan fingerprint density at radius 1 is 1.03 bits per heavy atom. The first-order chi connectivity index (χ1) is 14.4. The minimum absolute atomic E-state index is 0.115. The summed E-state index contributed by atoms with van der Waals surface area (Å²) in [6.07, 6.45) is 4.96. The Morgan fingerprint density at radius 2 is 1.67 bits per heavy atom. The van der Waals surface area contributed by atoms with E-state index in [2.05, 4.69) is 15.9 Å². The molecule has 1 heterocycles. The van der Waals surface area contributed by atoms with Gasteiger partial charge in [-0.2, -0.15) is 0 Å². The quantitative estimate of drug-likeness (QED) is 0.350. The molecule has 30 heavy (non-hydrogen) atoms. The molecule has 0 N–H and O–H groups in total. The Balaban J connectivity index is 1.41. The van der Waals surface area contributed by atoms with Crippen LogP contribution in [0.5, 0.6) is 5.75 Å². The fourth-order valence-corrected chi connectivity index (χ4v) is 5.22. The monoisotopic (exact) mass is 485 g/mol. The Morgan fingerprint density at radius 3 is 2.30 bits per heavy atom. The van der Waals surface area contributed by atoms with Crippen molar-refractivity contribution in [3.05, 3.63) is 69.7 Å². The topological polar surface area (TPSA) is 63.7 Å². The maximum atomic E-state index is 13.1. The Kier molecular flexibility index (Phi) is 4.79. The summed E-state index contributed by atoms with van der Waals surface area (Å²) in [6.45, 7) is -0.216. The van der Waals surface area contributed by atoms with Crippen molar-refractivity contribution in [2.75, 3.05) is 11.5 Å². The number of hydrogen-bond donors (Lipinski definition) is 0. The van der Waals surface area contributed by atoms with Crippen molar-refractivity contribution >= 4 is 50.8 Å². The molecule has 7 heteroatoms. The molecule has 1 saturated carbocycles. The lowest BCUT2D eigenvalue weighted by Crippen LogP contribution is -2.33. The van der Waals surface area contributed by atoms with Crippen LogP contribution in [0.25, 0.3) is 0 Å². The number of carbonyl (C=O) groups excluding carboxylic acids is 3. The van der Waals surface area contributed by atoms with Gasteiger partial charge in [-0.1, -0.05) is 51.8 Å². The number of Topliss-reactive ketones (excluding diaryl/α,β-unsaturated/α-hetero) is 1. The molecule has 0 spiro atoms. The average Bonchev–Trinajstić information content (AvgIpc) is 3.41. The summed E-state index contributed by atoms with van der Waals surface area (Å²) in [5, 5.41) is 0.385. The van der Waals surface area contributed by atoms with Crippen LogP contribution in [0.3, 0.4) is 0 Å². The van der Waals surface area contributed by atoms with Gasteiger partial charge in [-0.15, -0.1) is 0 Å². The number of imide groups is 1. The van der Waals surface area contributed by atoms with Crippen LogP contribution < -0.4 is 9.64 Å². The first-order valence-corrected chi connectivity index (χ1v) is 10.9. The second kappa shape index (κ2) is 7.36. The molecular weight excluding hydrogens is 470 g/mol. The molecule has 2 aliphatic carbocycles. The van der Waals surface area contributed by atoms with Crippen LogP contribution in [-0.4, -0.2) is 24.2 Å². The van der Waals surface area contributed by atoms with E-state index in [9.17, 15) is 14.4 Å². The fourth-order valence-electron chi connectivity index (χ4n) is 4.79. The fraction of sp³-hybridized carbons (Fsp3) is 0.261. The molecule has 2 bridgehead atoms. The van der Waals surface area contributed by atoms with Gasteiger partial charge in [0.25, 0.3) is 0 Å². The van der Waals surface area contributed by atoms with Gasteiger partial charge in [0.1, 0.15) is 5.75 Å². The van der Waals surface area contributed by atoms with Gasteiger partial charge in [0.15, 0.2) is 12.4 Å². The maximum Gasteiger partial charge on any atom is 0.238 e. The zero-order valence-corrected chi connectivity index (χ0v) is 18.1. The van der Waals surface area contributed by atoms with Crippen molar-refractivity contribution in [2.45, 2.75) is 6.42 Å². The van der Waals surface area contributed by atoms with Gasteiger partial charge < -0.3 is 4.74 Å². The SMILES string of the molecule is O=C(COc1ccc(Cl)cc1N1C(=O)[C@@H]2[C@H](C1=O)[C@H]1C=C[C@H]2C1)c1ccc(Br)cc1. The van der Waals surface area contributed by atoms with E-state index < -0.39 is 0 Å². The summed E-state index contributed by atoms with van der Waals surface area (Å²) in [6, 6.07) is 11.7. The highest BCUT2D eigenvalue weighted by Crippen LogP contribution is 2.54. The molecule has 2 aromatic rings. The summed E-state index contributed by atoms with van der Waals surface area (Å²) in [7, 11) is 0. The van der Waals surface area contributed by atoms with Crippen molar-refractivity contribution in [1.82, 2.24) is 0 Å². The highest BCUT2D eigenvalue weighted by atomic mass is 79.9. The zero-order chi connectivity index (χ0) is 21.0. The average molecular weight is 487 g/mol. The Labute approximate surface area is 186 Å². The van der Waals surface area contributed by atoms with Gasteiger partial charge in [-0.05, 0) is 48.6 Å². The molecule has 3 aliphatic rings. The van der Waals surface area contributed by atoms with Gasteiger partial charge in [-0.3, -0.25) is 14.4 Å². The summed E-state index contributed by atoms with van der Waals surface area (Å²) in [4.78, 5) is 40.0. The minimum Gasteiger partial charge on any atom is -0.483 e. The zero-order valence-electron chi connectivity index (χ0n) is 15.8. The van der Waals surface area contributed by atoms with Gasteiger partial charge in [0, 0.05) is 15.1 Å². The second-order valence-corrected chi connectivity index (χ2v) is 9.19. The highest BCUT2D eigenvalue weighted by molar-refractivity contribution is 9.10. The molecule has 5 nitrogen and oxygen atoms in total. The standard InChI is InChI=1S/C23H17BrClNO4/c24-15-5-3-12(4-6-15)18(27)11-30-19-8-7-16(25)10-17(19)26-22(28)20-13-1-2-14(9-13)21(20)23(26)29/h1-8,10,13-14,20-21H,9,11H2/t13-,14-,20-,21+/m0/s1. The molecular formula is C23H17BrClNO4. The van der Waals surface area contributed by atoms with E-state index in [0.717, 1.165) is 10.9 Å². The molecule has 5 rings (SSSR count). The van der Waals surface area contributed by atoms with Crippen LogP contribution in [-0.2, 0) is 9.59 Å². The number of carbonyl (C=O) groups is 3. The number of amides is 2. The molecule has 1 aliphatic heterocycles. The van der Waals surface area contributed by atoms with Crippen LogP contribution in [0.15, 0.2) is 59.1 Å². The summed E-state index contributed by atoms with van der Waals surface area (Å²) >= 11 is 9.51. The van der Waals surface area contributed by atoms with Crippen LogP contribution in [0.1, 0.15) is 16.8 Å². The number of nitrogens with zero attached hydrogens (tertiary/aromatic N) is 1. The first-order valence-electron chi connectivity index (χ1n) is 9.71. The van der Waals surface area contributed by atoms with Crippen LogP contribution in [0.2, 0.25) is 5.02 Å². The van der Waals surface area contributed by atoms with Gasteiger partial charge >= 0.3 is 0 Å². The molecule has 0 aromatic heterocycles. The molecule has 2 aromatic carbocycles. The normalized spacial score (nSPS) is 26.4. The number of ether oxygens (including phenoxy) is 1. The number of halogens is 2. The van der Waals surface area contributed by atoms with Crippen molar-refractivity contribution in [3.8, 4) is 5.75 Å². The number of allylic oxidation sites excluding steroid dienone is 2. The number of fused-ring (bicyclic) bond motifs is 5. The molecule has 4 atom stereocenters. The third-order valence-corrected chi connectivity index (χ3v) is 6.92. The number of benzene rings is 2. The van der Waals surface area contributed by atoms with Gasteiger partial charge in [0.2, 0.25) is 11.8 Å². The second-order valence-electron chi connectivity index (χ2n) is 7.84. The van der Waals surface area contributed by atoms with E-state index in [0.29, 0.717) is 16.3 Å². The van der Waals surface area contributed by atoms with Crippen molar-refractivity contribution < 1.29 is 19.1 Å². The Bertz CT molecular complexity index is 1070. The summed E-state index contributed by atoms with van der Waals surface area (Å²) in [5.74, 6) is -0.754.